The van der Waals surface area contributed by atoms with Gasteiger partial charge in [0, 0.05) is 19.1 Å². The summed E-state index contributed by atoms with van der Waals surface area (Å²) in [4.78, 5) is 24.5. The fourth-order valence-corrected chi connectivity index (χ4v) is 2.37. The van der Waals surface area contributed by atoms with Crippen LogP contribution in [0.4, 0.5) is 0 Å². The van der Waals surface area contributed by atoms with Gasteiger partial charge in [-0.15, -0.1) is 0 Å². The Labute approximate surface area is 108 Å². The van der Waals surface area contributed by atoms with E-state index in [1.54, 1.807) is 0 Å². The molecule has 1 heterocycles. The minimum Gasteiger partial charge on any atom is -0.469 e. The van der Waals surface area contributed by atoms with Crippen LogP contribution in [0, 0.1) is 5.92 Å². The van der Waals surface area contributed by atoms with Crippen molar-refractivity contribution in [1.29, 1.82) is 0 Å². The van der Waals surface area contributed by atoms with Crippen molar-refractivity contribution in [1.82, 2.24) is 10.2 Å². The molecular formula is C12H23N3O3. The molecule has 0 aromatic carbocycles. The van der Waals surface area contributed by atoms with Crippen molar-refractivity contribution in [2.45, 2.75) is 25.8 Å². The quantitative estimate of drug-likeness (QED) is 0.617. The fraction of sp³-hybridized carbons (Fsp3) is 0.833. The standard InChI is InChI=1S/C12H23N3O3/c1-3-4-14-10-5-9(12(17)18-2)6-15(7-10)8-11(13)16/h9-10,14H,3-8H2,1-2H3,(H2,13,16). The van der Waals surface area contributed by atoms with Gasteiger partial charge < -0.3 is 15.8 Å². The predicted molar refractivity (Wildman–Crippen MR) is 67.8 cm³/mol. The van der Waals surface area contributed by atoms with Crippen molar-refractivity contribution in [3.63, 3.8) is 0 Å². The van der Waals surface area contributed by atoms with Gasteiger partial charge in [0.1, 0.15) is 0 Å². The summed E-state index contributed by atoms with van der Waals surface area (Å²) in [6.45, 7) is 4.48. The fourth-order valence-electron chi connectivity index (χ4n) is 2.37. The van der Waals surface area contributed by atoms with Crippen LogP contribution in [0.5, 0.6) is 0 Å². The highest BCUT2D eigenvalue weighted by Crippen LogP contribution is 2.18. The van der Waals surface area contributed by atoms with Crippen molar-refractivity contribution in [2.24, 2.45) is 11.7 Å². The van der Waals surface area contributed by atoms with Gasteiger partial charge in [-0.1, -0.05) is 6.92 Å². The molecule has 0 saturated carbocycles. The number of hydrogen-bond donors (Lipinski definition) is 2. The number of primary amides is 1. The lowest BCUT2D eigenvalue weighted by molar-refractivity contribution is -0.148. The second-order valence-corrected chi connectivity index (χ2v) is 4.77. The first-order valence-electron chi connectivity index (χ1n) is 6.38. The van der Waals surface area contributed by atoms with Crippen LogP contribution < -0.4 is 11.1 Å². The summed E-state index contributed by atoms with van der Waals surface area (Å²) >= 11 is 0. The average Bonchev–Trinajstić information content (AvgIpc) is 2.34. The van der Waals surface area contributed by atoms with Crippen LogP contribution in [0.15, 0.2) is 0 Å². The Morgan fingerprint density at radius 3 is 2.72 bits per heavy atom. The Hall–Kier alpha value is -1.14. The largest absolute Gasteiger partial charge is 0.469 e. The van der Waals surface area contributed by atoms with Crippen LogP contribution in [0.25, 0.3) is 0 Å². The number of ether oxygens (including phenoxy) is 1. The number of piperidine rings is 1. The van der Waals surface area contributed by atoms with Crippen LogP contribution >= 0.6 is 0 Å². The van der Waals surface area contributed by atoms with Gasteiger partial charge in [0.2, 0.25) is 5.91 Å². The molecule has 2 atom stereocenters. The molecule has 18 heavy (non-hydrogen) atoms. The Kier molecular flexibility index (Phi) is 6.07. The maximum Gasteiger partial charge on any atom is 0.310 e. The molecule has 1 saturated heterocycles. The van der Waals surface area contributed by atoms with Gasteiger partial charge in [0.15, 0.2) is 0 Å². The molecule has 3 N–H and O–H groups in total. The first kappa shape index (κ1) is 14.9. The molecule has 1 aliphatic rings. The second-order valence-electron chi connectivity index (χ2n) is 4.77. The third-order valence-corrected chi connectivity index (χ3v) is 3.12. The van der Waals surface area contributed by atoms with Crippen LogP contribution in [0.2, 0.25) is 0 Å². The highest BCUT2D eigenvalue weighted by atomic mass is 16.5. The SMILES string of the molecule is CCCNC1CC(C(=O)OC)CN(CC(N)=O)C1. The summed E-state index contributed by atoms with van der Waals surface area (Å²) in [6, 6.07) is 0.210. The molecule has 104 valence electrons. The molecule has 0 aromatic rings. The van der Waals surface area contributed by atoms with Crippen LogP contribution in [0.3, 0.4) is 0 Å². The van der Waals surface area contributed by atoms with E-state index in [4.69, 9.17) is 10.5 Å². The monoisotopic (exact) mass is 257 g/mol. The molecule has 0 bridgehead atoms. The summed E-state index contributed by atoms with van der Waals surface area (Å²) in [6.07, 6.45) is 1.79. The van der Waals surface area contributed by atoms with Crippen molar-refractivity contribution in [3.05, 3.63) is 0 Å². The minimum absolute atomic E-state index is 0.183. The summed E-state index contributed by atoms with van der Waals surface area (Å²) in [5, 5.41) is 3.38. The zero-order valence-electron chi connectivity index (χ0n) is 11.1. The molecule has 0 spiro atoms. The molecule has 0 aliphatic carbocycles. The van der Waals surface area contributed by atoms with Crippen LogP contribution in [-0.4, -0.2) is 56.1 Å². The number of nitrogens with zero attached hydrogens (tertiary/aromatic N) is 1. The van der Waals surface area contributed by atoms with E-state index >= 15 is 0 Å². The maximum atomic E-state index is 11.6. The van der Waals surface area contributed by atoms with E-state index in [0.717, 1.165) is 25.9 Å². The van der Waals surface area contributed by atoms with E-state index in [0.29, 0.717) is 6.54 Å². The first-order valence-corrected chi connectivity index (χ1v) is 6.38. The molecule has 1 aliphatic heterocycles. The first-order chi connectivity index (χ1) is 8.56. The lowest BCUT2D eigenvalue weighted by Crippen LogP contribution is -2.53. The molecule has 1 rings (SSSR count). The number of methoxy groups -OCH3 is 1. The number of carbonyl (C=O) groups is 2. The van der Waals surface area contributed by atoms with E-state index in [9.17, 15) is 9.59 Å². The Morgan fingerprint density at radius 2 is 2.17 bits per heavy atom. The van der Waals surface area contributed by atoms with Gasteiger partial charge in [-0.3, -0.25) is 14.5 Å². The van der Waals surface area contributed by atoms with Crippen molar-refractivity contribution < 1.29 is 14.3 Å². The number of nitrogens with two attached hydrogens (primary N) is 1. The van der Waals surface area contributed by atoms with Crippen LogP contribution in [0.1, 0.15) is 19.8 Å². The number of rotatable bonds is 6. The normalized spacial score (nSPS) is 24.8. The summed E-state index contributed by atoms with van der Waals surface area (Å²) in [5.41, 5.74) is 5.21. The minimum atomic E-state index is -0.366. The molecule has 6 nitrogen and oxygen atoms in total. The number of hydrogen-bond acceptors (Lipinski definition) is 5. The third kappa shape index (κ3) is 4.62. The van der Waals surface area contributed by atoms with E-state index < -0.39 is 0 Å². The second kappa shape index (κ2) is 7.33. The molecule has 0 aromatic heterocycles. The smallest absolute Gasteiger partial charge is 0.310 e. The molecule has 0 radical (unpaired) electrons. The van der Waals surface area contributed by atoms with Crippen molar-refractivity contribution in [2.75, 3.05) is 33.3 Å². The Balaban J connectivity index is 2.59. The molecular weight excluding hydrogens is 234 g/mol. The lowest BCUT2D eigenvalue weighted by Gasteiger charge is -2.36. The van der Waals surface area contributed by atoms with Gasteiger partial charge in [0.05, 0.1) is 19.6 Å². The van der Waals surface area contributed by atoms with Gasteiger partial charge >= 0.3 is 5.97 Å². The zero-order chi connectivity index (χ0) is 13.5. The van der Waals surface area contributed by atoms with E-state index in [2.05, 4.69) is 12.2 Å². The van der Waals surface area contributed by atoms with Crippen molar-refractivity contribution >= 4 is 11.9 Å². The molecule has 1 fully saturated rings. The number of carbonyl (C=O) groups excluding carboxylic acids is 2. The average molecular weight is 257 g/mol. The predicted octanol–water partition coefficient (Wildman–Crippen LogP) is -0.665. The number of nitrogens with one attached hydrogen (secondary N) is 1. The van der Waals surface area contributed by atoms with Gasteiger partial charge in [-0.2, -0.15) is 0 Å². The van der Waals surface area contributed by atoms with Crippen LogP contribution in [-0.2, 0) is 14.3 Å². The maximum absolute atomic E-state index is 11.6. The van der Waals surface area contributed by atoms with Gasteiger partial charge in [0.25, 0.3) is 0 Å². The molecule has 1 amide bonds. The Bertz CT molecular complexity index is 296. The number of amides is 1. The van der Waals surface area contributed by atoms with Gasteiger partial charge in [-0.05, 0) is 19.4 Å². The highest BCUT2D eigenvalue weighted by molar-refractivity contribution is 5.76. The third-order valence-electron chi connectivity index (χ3n) is 3.12. The van der Waals surface area contributed by atoms with E-state index in [1.807, 2.05) is 4.90 Å². The topological polar surface area (TPSA) is 84.7 Å². The molecule has 6 heteroatoms. The Morgan fingerprint density at radius 1 is 1.44 bits per heavy atom. The van der Waals surface area contributed by atoms with E-state index in [-0.39, 0.29) is 30.4 Å². The zero-order valence-corrected chi connectivity index (χ0v) is 11.1. The summed E-state index contributed by atoms with van der Waals surface area (Å²) < 4.78 is 4.79. The lowest BCUT2D eigenvalue weighted by atomic mass is 9.94. The highest BCUT2D eigenvalue weighted by Gasteiger charge is 2.32. The van der Waals surface area contributed by atoms with E-state index in [1.165, 1.54) is 7.11 Å². The molecule has 2 unspecified atom stereocenters. The number of esters is 1. The number of likely N-dealkylation sites (tertiary alicyclic amines) is 1. The summed E-state index contributed by atoms with van der Waals surface area (Å²) in [7, 11) is 1.39. The summed E-state index contributed by atoms with van der Waals surface area (Å²) in [5.74, 6) is -0.764. The van der Waals surface area contributed by atoms with Gasteiger partial charge in [-0.25, -0.2) is 0 Å². The van der Waals surface area contributed by atoms with Crippen molar-refractivity contribution in [3.8, 4) is 0 Å².